The van der Waals surface area contributed by atoms with Crippen molar-refractivity contribution in [2.24, 2.45) is 7.05 Å². The van der Waals surface area contributed by atoms with Gasteiger partial charge in [-0.1, -0.05) is 0 Å². The molecule has 0 aliphatic rings. The zero-order valence-electron chi connectivity index (χ0n) is 10.8. The number of hydrogen-bond donors (Lipinski definition) is 0. The molecule has 0 saturated heterocycles. The van der Waals surface area contributed by atoms with Crippen molar-refractivity contribution < 1.29 is 24.0 Å². The van der Waals surface area contributed by atoms with Gasteiger partial charge >= 0.3 is 17.6 Å². The Morgan fingerprint density at radius 3 is 2.26 bits per heavy atom. The number of rotatable bonds is 5. The molecule has 0 fully saturated rings. The molecule has 0 aliphatic heterocycles. The fourth-order valence-electron chi connectivity index (χ4n) is 1.60. The molecule has 0 saturated carbocycles. The van der Waals surface area contributed by atoms with Gasteiger partial charge in [0.25, 0.3) is 0 Å². The number of aryl methyl sites for hydroxylation is 1. The second-order valence-corrected chi connectivity index (χ2v) is 3.55. The molecule has 0 unspecified atom stereocenters. The van der Waals surface area contributed by atoms with E-state index < -0.39 is 22.5 Å². The maximum atomic E-state index is 11.8. The van der Waals surface area contributed by atoms with Crippen LogP contribution < -0.4 is 0 Å². The Hall–Kier alpha value is -2.38. The minimum atomic E-state index is -0.919. The highest BCUT2D eigenvalue weighted by Crippen LogP contribution is 2.26. The molecule has 19 heavy (non-hydrogen) atoms. The third-order valence-electron chi connectivity index (χ3n) is 2.31. The number of ether oxygens (including phenoxy) is 2. The molecule has 8 nitrogen and oxygen atoms in total. The first-order chi connectivity index (χ1) is 8.93. The first-order valence-corrected chi connectivity index (χ1v) is 5.61. The molecule has 0 spiro atoms. The summed E-state index contributed by atoms with van der Waals surface area (Å²) in [6.45, 7) is 3.31. The molecule has 1 aromatic heterocycles. The zero-order chi connectivity index (χ0) is 14.6. The molecule has 0 aromatic carbocycles. The lowest BCUT2D eigenvalue weighted by Gasteiger charge is -2.05. The lowest BCUT2D eigenvalue weighted by Crippen LogP contribution is -2.16. The Morgan fingerprint density at radius 1 is 1.26 bits per heavy atom. The predicted octanol–water partition coefficient (Wildman–Crippen LogP) is 1.29. The Bertz CT molecular complexity index is 520. The largest absolute Gasteiger partial charge is 0.462 e. The van der Waals surface area contributed by atoms with Gasteiger partial charge in [0.2, 0.25) is 0 Å². The van der Waals surface area contributed by atoms with Crippen LogP contribution >= 0.6 is 0 Å². The van der Waals surface area contributed by atoms with Gasteiger partial charge in [-0.3, -0.25) is 10.1 Å². The van der Waals surface area contributed by atoms with Crippen LogP contribution in [0, 0.1) is 10.1 Å². The van der Waals surface area contributed by atoms with Crippen LogP contribution in [0.2, 0.25) is 0 Å². The number of esters is 2. The first-order valence-electron chi connectivity index (χ1n) is 5.61. The number of aromatic nitrogens is 1. The van der Waals surface area contributed by atoms with Gasteiger partial charge in [0.05, 0.1) is 24.3 Å². The van der Waals surface area contributed by atoms with Crippen LogP contribution in [0.25, 0.3) is 0 Å². The van der Waals surface area contributed by atoms with E-state index in [-0.39, 0.29) is 24.5 Å². The SMILES string of the molecule is CCOC(=O)c1c([N+](=O)[O-])cn(C)c1C(=O)OCC. The zero-order valence-corrected chi connectivity index (χ0v) is 10.8. The average molecular weight is 270 g/mol. The van der Waals surface area contributed by atoms with Gasteiger partial charge in [0, 0.05) is 7.05 Å². The Balaban J connectivity index is 3.40. The summed E-state index contributed by atoms with van der Waals surface area (Å²) in [4.78, 5) is 33.7. The van der Waals surface area contributed by atoms with Crippen LogP contribution in [0.3, 0.4) is 0 Å². The molecule has 0 atom stereocenters. The van der Waals surface area contributed by atoms with Crippen molar-refractivity contribution in [3.05, 3.63) is 27.6 Å². The van der Waals surface area contributed by atoms with Crippen LogP contribution in [-0.4, -0.2) is 34.6 Å². The molecular formula is C11H14N2O6. The van der Waals surface area contributed by atoms with E-state index >= 15 is 0 Å². The van der Waals surface area contributed by atoms with Crippen molar-refractivity contribution >= 4 is 17.6 Å². The Morgan fingerprint density at radius 2 is 1.79 bits per heavy atom. The highest BCUT2D eigenvalue weighted by atomic mass is 16.6. The molecular weight excluding hydrogens is 256 g/mol. The predicted molar refractivity (Wildman–Crippen MR) is 64.0 cm³/mol. The normalized spacial score (nSPS) is 10.1. The van der Waals surface area contributed by atoms with Crippen molar-refractivity contribution in [3.63, 3.8) is 0 Å². The van der Waals surface area contributed by atoms with Gasteiger partial charge in [-0.15, -0.1) is 0 Å². The second-order valence-electron chi connectivity index (χ2n) is 3.55. The molecule has 0 N–H and O–H groups in total. The minimum Gasteiger partial charge on any atom is -0.462 e. The summed E-state index contributed by atoms with van der Waals surface area (Å²) < 4.78 is 10.7. The molecule has 1 heterocycles. The molecule has 0 bridgehead atoms. The fourth-order valence-corrected chi connectivity index (χ4v) is 1.60. The highest BCUT2D eigenvalue weighted by molar-refractivity contribution is 6.05. The number of hydrogen-bond acceptors (Lipinski definition) is 6. The van der Waals surface area contributed by atoms with Crippen molar-refractivity contribution in [3.8, 4) is 0 Å². The highest BCUT2D eigenvalue weighted by Gasteiger charge is 2.33. The molecule has 104 valence electrons. The standard InChI is InChI=1S/C11H14N2O6/c1-4-18-10(14)8-7(13(16)17)6-12(3)9(8)11(15)19-5-2/h6H,4-5H2,1-3H3. The molecule has 1 aromatic rings. The van der Waals surface area contributed by atoms with E-state index in [2.05, 4.69) is 0 Å². The number of nitrogens with zero attached hydrogens (tertiary/aromatic N) is 2. The first kappa shape index (κ1) is 14.7. The molecule has 0 aliphatic carbocycles. The van der Waals surface area contributed by atoms with E-state index in [1.165, 1.54) is 11.6 Å². The van der Waals surface area contributed by atoms with Crippen LogP contribution in [-0.2, 0) is 16.5 Å². The van der Waals surface area contributed by atoms with Gasteiger partial charge in [-0.05, 0) is 13.8 Å². The van der Waals surface area contributed by atoms with E-state index in [9.17, 15) is 19.7 Å². The molecule has 0 radical (unpaired) electrons. The van der Waals surface area contributed by atoms with E-state index in [0.717, 1.165) is 6.20 Å². The summed E-state index contributed by atoms with van der Waals surface area (Å²) >= 11 is 0. The lowest BCUT2D eigenvalue weighted by molar-refractivity contribution is -0.385. The number of carbonyl (C=O) groups is 2. The number of nitro groups is 1. The molecule has 0 amide bonds. The topological polar surface area (TPSA) is 101 Å². The maximum absolute atomic E-state index is 11.8. The molecule has 8 heteroatoms. The minimum absolute atomic E-state index is 0.0488. The van der Waals surface area contributed by atoms with Crippen LogP contribution in [0.15, 0.2) is 6.20 Å². The second kappa shape index (κ2) is 5.98. The van der Waals surface area contributed by atoms with Crippen molar-refractivity contribution in [2.75, 3.05) is 13.2 Å². The van der Waals surface area contributed by atoms with Crippen molar-refractivity contribution in [2.45, 2.75) is 13.8 Å². The third-order valence-corrected chi connectivity index (χ3v) is 2.31. The Kier molecular flexibility index (Phi) is 4.62. The van der Waals surface area contributed by atoms with Crippen molar-refractivity contribution in [1.82, 2.24) is 4.57 Å². The van der Waals surface area contributed by atoms with Crippen LogP contribution in [0.4, 0.5) is 5.69 Å². The van der Waals surface area contributed by atoms with E-state index in [1.807, 2.05) is 0 Å². The summed E-state index contributed by atoms with van der Waals surface area (Å²) in [5.41, 5.74) is -1.05. The van der Waals surface area contributed by atoms with Gasteiger partial charge in [0.1, 0.15) is 5.69 Å². The average Bonchev–Trinajstić information content (AvgIpc) is 2.67. The number of carbonyl (C=O) groups excluding carboxylic acids is 2. The van der Waals surface area contributed by atoms with Crippen LogP contribution in [0.5, 0.6) is 0 Å². The van der Waals surface area contributed by atoms with Gasteiger partial charge in [-0.25, -0.2) is 9.59 Å². The lowest BCUT2D eigenvalue weighted by atomic mass is 10.2. The van der Waals surface area contributed by atoms with E-state index in [4.69, 9.17) is 9.47 Å². The maximum Gasteiger partial charge on any atom is 0.356 e. The fraction of sp³-hybridized carbons (Fsp3) is 0.455. The monoisotopic (exact) mass is 270 g/mol. The van der Waals surface area contributed by atoms with E-state index in [0.29, 0.717) is 0 Å². The summed E-state index contributed by atoms with van der Waals surface area (Å²) in [7, 11) is 1.42. The summed E-state index contributed by atoms with van der Waals surface area (Å²) in [5.74, 6) is -1.72. The summed E-state index contributed by atoms with van der Waals surface area (Å²) in [5, 5.41) is 10.9. The smallest absolute Gasteiger partial charge is 0.356 e. The summed E-state index contributed by atoms with van der Waals surface area (Å²) in [6, 6.07) is 0. The summed E-state index contributed by atoms with van der Waals surface area (Å²) in [6.07, 6.45) is 1.08. The van der Waals surface area contributed by atoms with E-state index in [1.54, 1.807) is 13.8 Å². The quantitative estimate of drug-likeness (QED) is 0.454. The van der Waals surface area contributed by atoms with Crippen LogP contribution in [0.1, 0.15) is 34.7 Å². The van der Waals surface area contributed by atoms with Crippen molar-refractivity contribution in [1.29, 1.82) is 0 Å². The third kappa shape index (κ3) is 2.90. The molecule has 1 rings (SSSR count). The van der Waals surface area contributed by atoms with Gasteiger partial charge < -0.3 is 14.0 Å². The van der Waals surface area contributed by atoms with Gasteiger partial charge in [0.15, 0.2) is 5.56 Å². The van der Waals surface area contributed by atoms with Gasteiger partial charge in [-0.2, -0.15) is 0 Å². The Labute approximate surface area is 109 Å².